The molecular weight excluding hydrogens is 212 g/mol. The smallest absolute Gasteiger partial charge is 0.236 e. The molecule has 0 saturated carbocycles. The van der Waals surface area contributed by atoms with Crippen LogP contribution < -0.4 is 0 Å². The van der Waals surface area contributed by atoms with Crippen molar-refractivity contribution < 1.29 is 17.2 Å². The van der Waals surface area contributed by atoms with Crippen LogP contribution in [-0.4, -0.2) is 27.7 Å². The molecule has 11 heavy (non-hydrogen) atoms. The molecule has 0 aliphatic heterocycles. The van der Waals surface area contributed by atoms with Crippen molar-refractivity contribution in [1.29, 1.82) is 0 Å². The van der Waals surface area contributed by atoms with E-state index in [2.05, 4.69) is 0 Å². The summed E-state index contributed by atoms with van der Waals surface area (Å²) in [6, 6.07) is 0. The minimum Gasteiger partial charge on any atom is -0.306 e. The average Bonchev–Trinajstić information content (AvgIpc) is 1.82. The Balaban J connectivity index is 4.51. The molecule has 68 valence electrons. The van der Waals surface area contributed by atoms with Crippen LogP contribution in [0, 0.1) is 0 Å². The third kappa shape index (κ3) is 3.50. The predicted octanol–water partition coefficient (Wildman–Crippen LogP) is 0.554. The number of hydrogen-bond acceptors (Lipinski definition) is 3. The lowest BCUT2D eigenvalue weighted by Gasteiger charge is -2.11. The Kier molecular flexibility index (Phi) is 3.96. The summed E-state index contributed by atoms with van der Waals surface area (Å²) in [7, 11) is 1.22. The van der Waals surface area contributed by atoms with E-state index < -0.39 is 30.6 Å². The molecule has 4 nitrogen and oxygen atoms in total. The molecule has 0 rings (SSSR count). The zero-order chi connectivity index (χ0) is 9.23. The normalized spacial score (nSPS) is 20.7. The second-order valence-corrected chi connectivity index (χ2v) is 6.44. The second-order valence-electron chi connectivity index (χ2n) is 2.16. The molecule has 3 atom stereocenters. The van der Waals surface area contributed by atoms with Gasteiger partial charge in [-0.25, -0.2) is 12.6 Å². The molecule has 7 heteroatoms. The van der Waals surface area contributed by atoms with Crippen molar-refractivity contribution in [2.24, 2.45) is 0 Å². The van der Waals surface area contributed by atoms with Crippen molar-refractivity contribution in [2.45, 2.75) is 24.3 Å². The summed E-state index contributed by atoms with van der Waals surface area (Å²) in [6.45, 7) is 2.64. The number of rotatable bonds is 3. The fourth-order valence-corrected chi connectivity index (χ4v) is 2.55. The molecule has 0 amide bonds. The molecule has 0 fully saturated rings. The fraction of sp³-hybridized carbons (Fsp3) is 1.00. The van der Waals surface area contributed by atoms with Gasteiger partial charge in [-0.15, -0.1) is 0 Å². The first-order valence-electron chi connectivity index (χ1n) is 2.80. The highest BCUT2D eigenvalue weighted by molar-refractivity contribution is 8.14. The van der Waals surface area contributed by atoms with Crippen LogP contribution in [0.3, 0.4) is 0 Å². The van der Waals surface area contributed by atoms with Gasteiger partial charge >= 0.3 is 0 Å². The Morgan fingerprint density at radius 1 is 1.45 bits per heavy atom. The number of halogens is 1. The Hall–Kier alpha value is 0.350. The lowest BCUT2D eigenvalue weighted by atomic mass is 10.4. The van der Waals surface area contributed by atoms with E-state index in [4.69, 9.17) is 15.2 Å². The van der Waals surface area contributed by atoms with Crippen molar-refractivity contribution >= 4 is 30.8 Å². The molecule has 0 aromatic carbocycles. The van der Waals surface area contributed by atoms with Gasteiger partial charge in [-0.05, 0) is 13.8 Å². The SMILES string of the molecule is CC(C(C)S(=O)(=O)Cl)S(=O)O. The van der Waals surface area contributed by atoms with Crippen molar-refractivity contribution in [2.75, 3.05) is 0 Å². The highest BCUT2D eigenvalue weighted by Crippen LogP contribution is 2.13. The Morgan fingerprint density at radius 3 is 1.91 bits per heavy atom. The maximum atomic E-state index is 10.6. The summed E-state index contributed by atoms with van der Waals surface area (Å²) in [5, 5.41) is -1.87. The molecule has 1 N–H and O–H groups in total. The van der Waals surface area contributed by atoms with E-state index in [1.807, 2.05) is 0 Å². The Labute approximate surface area is 72.6 Å². The molecule has 0 aliphatic carbocycles. The quantitative estimate of drug-likeness (QED) is 0.557. The van der Waals surface area contributed by atoms with Gasteiger partial charge in [0.1, 0.15) is 0 Å². The zero-order valence-electron chi connectivity index (χ0n) is 6.02. The van der Waals surface area contributed by atoms with Gasteiger partial charge in [0.15, 0.2) is 11.1 Å². The lowest BCUT2D eigenvalue weighted by molar-refractivity contribution is 0.543. The van der Waals surface area contributed by atoms with Crippen LogP contribution in [0.4, 0.5) is 0 Å². The van der Waals surface area contributed by atoms with E-state index in [1.54, 1.807) is 0 Å². The summed E-state index contributed by atoms with van der Waals surface area (Å²) < 4.78 is 40.1. The minimum atomic E-state index is -3.73. The summed E-state index contributed by atoms with van der Waals surface area (Å²) in [5.74, 6) is 0. The Bertz CT molecular complexity index is 247. The van der Waals surface area contributed by atoms with Gasteiger partial charge in [0.05, 0.1) is 10.5 Å². The topological polar surface area (TPSA) is 71.4 Å². The third-order valence-electron chi connectivity index (χ3n) is 1.42. The summed E-state index contributed by atoms with van der Waals surface area (Å²) in [6.07, 6.45) is 0. The van der Waals surface area contributed by atoms with E-state index in [1.165, 1.54) is 13.8 Å². The van der Waals surface area contributed by atoms with Crippen molar-refractivity contribution in [3.63, 3.8) is 0 Å². The highest BCUT2D eigenvalue weighted by Gasteiger charge is 2.27. The van der Waals surface area contributed by atoms with Crippen LogP contribution in [-0.2, 0) is 20.1 Å². The number of hydrogen-bond donors (Lipinski definition) is 1. The molecule has 0 heterocycles. The van der Waals surface area contributed by atoms with Crippen LogP contribution in [0.25, 0.3) is 0 Å². The zero-order valence-corrected chi connectivity index (χ0v) is 8.41. The van der Waals surface area contributed by atoms with Gasteiger partial charge in [0.2, 0.25) is 9.05 Å². The second kappa shape index (κ2) is 3.84. The van der Waals surface area contributed by atoms with Crippen molar-refractivity contribution in [3.05, 3.63) is 0 Å². The third-order valence-corrected chi connectivity index (χ3v) is 4.78. The van der Waals surface area contributed by atoms with Crippen molar-refractivity contribution in [1.82, 2.24) is 0 Å². The molecule has 0 aliphatic rings. The largest absolute Gasteiger partial charge is 0.306 e. The summed E-state index contributed by atoms with van der Waals surface area (Å²) >= 11 is -2.15. The predicted molar refractivity (Wildman–Crippen MR) is 44.5 cm³/mol. The highest BCUT2D eigenvalue weighted by atomic mass is 35.7. The van der Waals surface area contributed by atoms with E-state index in [9.17, 15) is 12.6 Å². The van der Waals surface area contributed by atoms with Crippen LogP contribution in [0.5, 0.6) is 0 Å². The van der Waals surface area contributed by atoms with Crippen LogP contribution in [0.15, 0.2) is 0 Å². The van der Waals surface area contributed by atoms with E-state index in [-0.39, 0.29) is 0 Å². The summed E-state index contributed by atoms with van der Waals surface area (Å²) in [5.41, 5.74) is 0. The Morgan fingerprint density at radius 2 is 1.82 bits per heavy atom. The van der Waals surface area contributed by atoms with Gasteiger partial charge in [0.25, 0.3) is 0 Å². The molecule has 0 saturated heterocycles. The monoisotopic (exact) mass is 220 g/mol. The average molecular weight is 221 g/mol. The molecule has 0 aromatic rings. The van der Waals surface area contributed by atoms with Gasteiger partial charge in [-0.2, -0.15) is 0 Å². The molecule has 3 unspecified atom stereocenters. The van der Waals surface area contributed by atoms with Crippen LogP contribution in [0.1, 0.15) is 13.8 Å². The standard InChI is InChI=1S/C4H9ClO4S2/c1-3(10(6)7)4(2)11(5,8)9/h3-4H,1-2H3,(H,6,7). The first kappa shape index (κ1) is 11.4. The molecular formula is C4H9ClO4S2. The molecule has 0 spiro atoms. The van der Waals surface area contributed by atoms with Crippen LogP contribution >= 0.6 is 10.7 Å². The van der Waals surface area contributed by atoms with Gasteiger partial charge in [0, 0.05) is 10.7 Å². The minimum absolute atomic E-state index is 0.863. The maximum absolute atomic E-state index is 10.6. The van der Waals surface area contributed by atoms with E-state index >= 15 is 0 Å². The molecule has 0 bridgehead atoms. The van der Waals surface area contributed by atoms with E-state index in [0.717, 1.165) is 0 Å². The molecule has 0 radical (unpaired) electrons. The van der Waals surface area contributed by atoms with E-state index in [0.29, 0.717) is 0 Å². The van der Waals surface area contributed by atoms with Gasteiger partial charge in [-0.3, -0.25) is 0 Å². The maximum Gasteiger partial charge on any atom is 0.236 e. The summed E-state index contributed by atoms with van der Waals surface area (Å²) in [4.78, 5) is 0. The van der Waals surface area contributed by atoms with Gasteiger partial charge < -0.3 is 4.55 Å². The first-order chi connectivity index (χ1) is 4.76. The van der Waals surface area contributed by atoms with Crippen LogP contribution in [0.2, 0.25) is 0 Å². The first-order valence-corrected chi connectivity index (χ1v) is 6.34. The lowest BCUT2D eigenvalue weighted by Crippen LogP contribution is -2.29. The molecule has 0 aromatic heterocycles. The van der Waals surface area contributed by atoms with Gasteiger partial charge in [-0.1, -0.05) is 0 Å². The van der Waals surface area contributed by atoms with Crippen molar-refractivity contribution in [3.8, 4) is 0 Å². The fourth-order valence-electron chi connectivity index (χ4n) is 0.393.